The first-order chi connectivity index (χ1) is 9.56. The van der Waals surface area contributed by atoms with Gasteiger partial charge in [0.05, 0.1) is 12.2 Å². The van der Waals surface area contributed by atoms with E-state index in [9.17, 15) is 9.59 Å². The molecule has 20 heavy (non-hydrogen) atoms. The van der Waals surface area contributed by atoms with Crippen LogP contribution >= 0.6 is 22.9 Å². The number of aromatic nitrogens is 2. The van der Waals surface area contributed by atoms with Crippen LogP contribution in [0.2, 0.25) is 0 Å². The fourth-order valence-electron chi connectivity index (χ4n) is 1.42. The molecule has 1 amide bonds. The summed E-state index contributed by atoms with van der Waals surface area (Å²) in [5.41, 5.74) is 0.615. The number of hydrogen-bond donors (Lipinski definition) is 2. The van der Waals surface area contributed by atoms with Crippen molar-refractivity contribution in [1.82, 2.24) is 14.9 Å². The maximum atomic E-state index is 11.9. The van der Waals surface area contributed by atoms with E-state index in [0.29, 0.717) is 17.1 Å². The van der Waals surface area contributed by atoms with Gasteiger partial charge in [0.25, 0.3) is 5.91 Å². The number of hydrogen-bond acceptors (Lipinski definition) is 6. The lowest BCUT2D eigenvalue weighted by atomic mass is 10.3. The Bertz CT molecular complexity index is 660. The number of carbonyl (C=O) groups excluding carboxylic acids is 1. The van der Waals surface area contributed by atoms with Crippen LogP contribution in [0.25, 0.3) is 6.08 Å². The van der Waals surface area contributed by atoms with Crippen LogP contribution in [0.15, 0.2) is 18.2 Å². The highest BCUT2D eigenvalue weighted by molar-refractivity contribution is 7.12. The predicted octanol–water partition coefficient (Wildman–Crippen LogP) is 1.94. The zero-order valence-corrected chi connectivity index (χ0v) is 12.1. The maximum absolute atomic E-state index is 11.9. The average Bonchev–Trinajstić information content (AvgIpc) is 3.02. The second-order valence-corrected chi connectivity index (χ2v) is 5.80. The van der Waals surface area contributed by atoms with E-state index in [4.69, 9.17) is 5.11 Å². The summed E-state index contributed by atoms with van der Waals surface area (Å²) in [5.74, 6) is -1.19. The van der Waals surface area contributed by atoms with Gasteiger partial charge in [-0.15, -0.1) is 16.4 Å². The van der Waals surface area contributed by atoms with Gasteiger partial charge < -0.3 is 10.4 Å². The molecule has 0 saturated carbocycles. The largest absolute Gasteiger partial charge is 0.478 e. The fourth-order valence-corrected chi connectivity index (χ4v) is 2.85. The molecule has 0 aliphatic heterocycles. The minimum Gasteiger partial charge on any atom is -0.478 e. The van der Waals surface area contributed by atoms with Crippen LogP contribution in [0.3, 0.4) is 0 Å². The minimum absolute atomic E-state index is 0.200. The Morgan fingerprint density at radius 3 is 2.90 bits per heavy atom. The summed E-state index contributed by atoms with van der Waals surface area (Å²) >= 11 is 2.49. The number of aryl methyl sites for hydroxylation is 1. The monoisotopic (exact) mass is 309 g/mol. The van der Waals surface area contributed by atoms with Gasteiger partial charge in [-0.3, -0.25) is 4.79 Å². The molecule has 0 radical (unpaired) electrons. The van der Waals surface area contributed by atoms with Gasteiger partial charge in [-0.1, -0.05) is 4.49 Å². The van der Waals surface area contributed by atoms with Crippen molar-refractivity contribution in [3.8, 4) is 0 Å². The Balaban J connectivity index is 1.93. The van der Waals surface area contributed by atoms with E-state index in [0.717, 1.165) is 27.4 Å². The topological polar surface area (TPSA) is 92.2 Å². The van der Waals surface area contributed by atoms with Gasteiger partial charge >= 0.3 is 5.97 Å². The Morgan fingerprint density at radius 1 is 1.45 bits per heavy atom. The van der Waals surface area contributed by atoms with E-state index < -0.39 is 5.97 Å². The van der Waals surface area contributed by atoms with Crippen LogP contribution in [0.1, 0.15) is 25.1 Å². The van der Waals surface area contributed by atoms with Gasteiger partial charge in [-0.25, -0.2) is 4.79 Å². The first-order valence-corrected chi connectivity index (χ1v) is 7.22. The molecule has 2 rings (SSSR count). The van der Waals surface area contributed by atoms with Crippen LogP contribution in [0.5, 0.6) is 0 Å². The molecule has 2 N–H and O–H groups in total. The molecule has 2 aromatic rings. The SMILES string of the molecule is Cc1nnsc1C(=O)NCc1ccc(C=CC(=O)O)s1. The number of nitrogens with zero attached hydrogens (tertiary/aromatic N) is 2. The molecule has 0 fully saturated rings. The zero-order valence-electron chi connectivity index (χ0n) is 10.5. The second-order valence-electron chi connectivity index (χ2n) is 3.85. The molecule has 0 saturated heterocycles. The van der Waals surface area contributed by atoms with E-state index in [1.165, 1.54) is 17.4 Å². The summed E-state index contributed by atoms with van der Waals surface area (Å²) in [7, 11) is 0. The summed E-state index contributed by atoms with van der Waals surface area (Å²) < 4.78 is 3.71. The smallest absolute Gasteiger partial charge is 0.328 e. The van der Waals surface area contributed by atoms with Crippen molar-refractivity contribution in [1.29, 1.82) is 0 Å². The van der Waals surface area contributed by atoms with Crippen LogP contribution < -0.4 is 5.32 Å². The van der Waals surface area contributed by atoms with Crippen LogP contribution in [0, 0.1) is 6.92 Å². The quantitative estimate of drug-likeness (QED) is 0.823. The number of rotatable bonds is 5. The molecule has 2 heterocycles. The molecule has 6 nitrogen and oxygen atoms in total. The van der Waals surface area contributed by atoms with Gasteiger partial charge in [0, 0.05) is 15.8 Å². The van der Waals surface area contributed by atoms with E-state index >= 15 is 0 Å². The number of carbonyl (C=O) groups is 2. The highest BCUT2D eigenvalue weighted by Gasteiger charge is 2.12. The lowest BCUT2D eigenvalue weighted by Crippen LogP contribution is -2.22. The molecule has 0 unspecified atom stereocenters. The molecule has 0 aliphatic carbocycles. The standard InChI is InChI=1S/C12H11N3O3S2/c1-7-11(20-15-14-7)12(18)13-6-9-3-2-8(19-9)4-5-10(16)17/h2-5H,6H2,1H3,(H,13,18)(H,16,17). The Morgan fingerprint density at radius 2 is 2.25 bits per heavy atom. The first kappa shape index (κ1) is 14.4. The summed E-state index contributed by atoms with van der Waals surface area (Å²) in [6.45, 7) is 2.13. The summed E-state index contributed by atoms with van der Waals surface area (Å²) in [6, 6.07) is 3.66. The molecule has 104 valence electrons. The fraction of sp³-hybridized carbons (Fsp3) is 0.167. The van der Waals surface area contributed by atoms with E-state index in [2.05, 4.69) is 14.9 Å². The van der Waals surface area contributed by atoms with Crippen LogP contribution in [-0.4, -0.2) is 26.6 Å². The molecule has 8 heteroatoms. The molecular formula is C12H11N3O3S2. The van der Waals surface area contributed by atoms with Crippen molar-refractivity contribution in [2.75, 3.05) is 0 Å². The number of carboxylic acids is 1. The first-order valence-electron chi connectivity index (χ1n) is 5.63. The molecule has 0 bridgehead atoms. The Hall–Kier alpha value is -2.06. The van der Waals surface area contributed by atoms with Gasteiger partial charge in [0.2, 0.25) is 0 Å². The van der Waals surface area contributed by atoms with Crippen molar-refractivity contribution >= 4 is 40.8 Å². The summed E-state index contributed by atoms with van der Waals surface area (Å²) in [4.78, 5) is 24.5. The molecule has 0 aromatic carbocycles. The average molecular weight is 309 g/mol. The molecule has 0 aliphatic rings. The zero-order chi connectivity index (χ0) is 14.5. The van der Waals surface area contributed by atoms with Crippen LogP contribution in [0.4, 0.5) is 0 Å². The third kappa shape index (κ3) is 3.72. The van der Waals surface area contributed by atoms with Gasteiger partial charge in [0.15, 0.2) is 0 Å². The van der Waals surface area contributed by atoms with Gasteiger partial charge in [-0.2, -0.15) is 0 Å². The summed E-state index contributed by atoms with van der Waals surface area (Å²) in [6.07, 6.45) is 2.61. The van der Waals surface area contributed by atoms with Crippen molar-refractivity contribution in [3.63, 3.8) is 0 Å². The van der Waals surface area contributed by atoms with E-state index in [1.54, 1.807) is 6.92 Å². The Labute approximate surface area is 122 Å². The predicted molar refractivity (Wildman–Crippen MR) is 76.8 cm³/mol. The normalized spacial score (nSPS) is 10.8. The van der Waals surface area contributed by atoms with Gasteiger partial charge in [-0.05, 0) is 36.7 Å². The third-order valence-electron chi connectivity index (χ3n) is 2.35. The lowest BCUT2D eigenvalue weighted by Gasteiger charge is -2.00. The highest BCUT2D eigenvalue weighted by Crippen LogP contribution is 2.18. The minimum atomic E-state index is -0.985. The maximum Gasteiger partial charge on any atom is 0.328 e. The lowest BCUT2D eigenvalue weighted by molar-refractivity contribution is -0.131. The Kier molecular flexibility index (Phi) is 4.59. The van der Waals surface area contributed by atoms with Crippen LogP contribution in [-0.2, 0) is 11.3 Å². The molecular weight excluding hydrogens is 298 g/mol. The number of nitrogens with one attached hydrogen (secondary N) is 1. The number of aliphatic carboxylic acids is 1. The molecule has 0 atom stereocenters. The number of amides is 1. The van der Waals surface area contributed by atoms with Gasteiger partial charge in [0.1, 0.15) is 4.88 Å². The summed E-state index contributed by atoms with van der Waals surface area (Å²) in [5, 5.41) is 15.1. The highest BCUT2D eigenvalue weighted by atomic mass is 32.1. The molecule has 0 spiro atoms. The third-order valence-corrected chi connectivity index (χ3v) is 4.23. The number of carboxylic acid groups (broad SMARTS) is 1. The van der Waals surface area contributed by atoms with Crippen molar-refractivity contribution in [3.05, 3.63) is 38.5 Å². The van der Waals surface area contributed by atoms with E-state index in [1.807, 2.05) is 12.1 Å². The van der Waals surface area contributed by atoms with Crippen molar-refractivity contribution < 1.29 is 14.7 Å². The molecule has 2 aromatic heterocycles. The van der Waals surface area contributed by atoms with Crippen molar-refractivity contribution in [2.24, 2.45) is 0 Å². The number of thiophene rings is 1. The van der Waals surface area contributed by atoms with E-state index in [-0.39, 0.29) is 5.91 Å². The van der Waals surface area contributed by atoms with Crippen molar-refractivity contribution in [2.45, 2.75) is 13.5 Å². The second kappa shape index (κ2) is 6.40.